The second-order valence-electron chi connectivity index (χ2n) is 5.07. The molecule has 0 spiro atoms. The number of hydrogen-bond acceptors (Lipinski definition) is 3. The number of hydrogen-bond donors (Lipinski definition) is 0. The zero-order valence-electron chi connectivity index (χ0n) is 12.5. The van der Waals surface area contributed by atoms with Gasteiger partial charge in [-0.2, -0.15) is 13.2 Å². The maximum absolute atomic E-state index is 12.8. The van der Waals surface area contributed by atoms with Gasteiger partial charge in [0, 0.05) is 5.56 Å². The Labute approximate surface area is 150 Å². The number of halogens is 4. The Hall–Kier alpha value is -2.31. The number of rotatable bonds is 4. The summed E-state index contributed by atoms with van der Waals surface area (Å²) in [5.74, 6) is 0.359. The summed E-state index contributed by atoms with van der Waals surface area (Å²) >= 11 is 7.31. The second-order valence-corrected chi connectivity index (χ2v) is 6.42. The van der Waals surface area contributed by atoms with Crippen molar-refractivity contribution in [2.24, 2.45) is 0 Å². The van der Waals surface area contributed by atoms with Gasteiger partial charge in [-0.25, -0.2) is 0 Å². The van der Waals surface area contributed by atoms with Gasteiger partial charge < -0.3 is 4.42 Å². The highest BCUT2D eigenvalue weighted by Gasteiger charge is 2.31. The molecule has 2 aromatic heterocycles. The van der Waals surface area contributed by atoms with Crippen LogP contribution in [0.1, 0.15) is 21.0 Å². The SMILES string of the molecule is O=C(/C=C/c1ccc(-c2cc(C(F)(F)F)ccc2Cl)o1)c1cccs1. The minimum Gasteiger partial charge on any atom is -0.457 e. The highest BCUT2D eigenvalue weighted by molar-refractivity contribution is 7.12. The van der Waals surface area contributed by atoms with Crippen LogP contribution in [0.15, 0.2) is 58.3 Å². The molecule has 0 unspecified atom stereocenters. The molecule has 0 amide bonds. The van der Waals surface area contributed by atoms with E-state index in [9.17, 15) is 18.0 Å². The third kappa shape index (κ3) is 4.03. The standard InChI is InChI=1S/C18H10ClF3O2S/c19-14-6-3-11(18(20,21)22)10-13(14)16-8-5-12(24-16)4-7-15(23)17-2-1-9-25-17/h1-10H/b7-4+. The first-order valence-corrected chi connectivity index (χ1v) is 8.33. The molecule has 0 saturated heterocycles. The number of alkyl halides is 3. The summed E-state index contributed by atoms with van der Waals surface area (Å²) in [7, 11) is 0. The Balaban J connectivity index is 1.85. The lowest BCUT2D eigenvalue weighted by Crippen LogP contribution is -2.04. The molecule has 2 heterocycles. The topological polar surface area (TPSA) is 30.2 Å². The molecule has 25 heavy (non-hydrogen) atoms. The largest absolute Gasteiger partial charge is 0.457 e. The van der Waals surface area contributed by atoms with Crippen molar-refractivity contribution in [3.05, 3.63) is 75.1 Å². The molecule has 3 aromatic rings. The van der Waals surface area contributed by atoms with Crippen molar-refractivity contribution < 1.29 is 22.4 Å². The molecule has 7 heteroatoms. The van der Waals surface area contributed by atoms with Crippen molar-refractivity contribution in [3.8, 4) is 11.3 Å². The van der Waals surface area contributed by atoms with E-state index in [0.29, 0.717) is 10.6 Å². The predicted octanol–water partition coefficient (Wildman–Crippen LogP) is 6.58. The lowest BCUT2D eigenvalue weighted by Gasteiger charge is -2.09. The Morgan fingerprint density at radius 1 is 1.16 bits per heavy atom. The molecular weight excluding hydrogens is 373 g/mol. The molecule has 0 saturated carbocycles. The van der Waals surface area contributed by atoms with E-state index in [4.69, 9.17) is 16.0 Å². The first-order chi connectivity index (χ1) is 11.8. The molecule has 3 rings (SSSR count). The maximum Gasteiger partial charge on any atom is 0.416 e. The second kappa shape index (κ2) is 6.90. The molecule has 1 aromatic carbocycles. The third-order valence-electron chi connectivity index (χ3n) is 3.35. The minimum absolute atomic E-state index is 0.140. The summed E-state index contributed by atoms with van der Waals surface area (Å²) in [5.41, 5.74) is -0.672. The fourth-order valence-corrected chi connectivity index (χ4v) is 2.99. The maximum atomic E-state index is 12.8. The lowest BCUT2D eigenvalue weighted by atomic mass is 10.1. The minimum atomic E-state index is -4.47. The number of benzene rings is 1. The quantitative estimate of drug-likeness (QED) is 0.377. The number of carbonyl (C=O) groups is 1. The van der Waals surface area contributed by atoms with Crippen LogP contribution in [0, 0.1) is 0 Å². The van der Waals surface area contributed by atoms with Crippen molar-refractivity contribution in [3.63, 3.8) is 0 Å². The summed E-state index contributed by atoms with van der Waals surface area (Å²) in [4.78, 5) is 12.5. The van der Waals surface area contributed by atoms with Gasteiger partial charge in [0.15, 0.2) is 5.78 Å². The van der Waals surface area contributed by atoms with Gasteiger partial charge in [0.05, 0.1) is 15.5 Å². The molecule has 0 radical (unpaired) electrons. The average molecular weight is 383 g/mol. The van der Waals surface area contributed by atoms with E-state index in [1.807, 2.05) is 0 Å². The number of allylic oxidation sites excluding steroid dienone is 1. The fourth-order valence-electron chi connectivity index (χ4n) is 2.14. The Morgan fingerprint density at radius 3 is 2.64 bits per heavy atom. The summed E-state index contributed by atoms with van der Waals surface area (Å²) < 4.78 is 44.0. The van der Waals surface area contributed by atoms with E-state index in [1.54, 1.807) is 23.6 Å². The summed E-state index contributed by atoms with van der Waals surface area (Å²) in [6.45, 7) is 0. The van der Waals surface area contributed by atoms with Crippen LogP contribution in [0.5, 0.6) is 0 Å². The number of ketones is 1. The normalized spacial score (nSPS) is 12.0. The monoisotopic (exact) mass is 382 g/mol. The van der Waals surface area contributed by atoms with Crippen molar-refractivity contribution in [1.82, 2.24) is 0 Å². The van der Waals surface area contributed by atoms with Gasteiger partial charge in [0.2, 0.25) is 0 Å². The van der Waals surface area contributed by atoms with Crippen molar-refractivity contribution in [2.45, 2.75) is 6.18 Å². The molecule has 0 aliphatic rings. The zero-order valence-corrected chi connectivity index (χ0v) is 14.1. The van der Waals surface area contributed by atoms with Crippen LogP contribution in [0.4, 0.5) is 13.2 Å². The van der Waals surface area contributed by atoms with Crippen LogP contribution in [0.3, 0.4) is 0 Å². The third-order valence-corrected chi connectivity index (χ3v) is 4.56. The van der Waals surface area contributed by atoms with Crippen LogP contribution in [-0.4, -0.2) is 5.78 Å². The van der Waals surface area contributed by atoms with E-state index in [1.165, 1.54) is 35.6 Å². The van der Waals surface area contributed by atoms with Crippen molar-refractivity contribution >= 4 is 34.8 Å². The van der Waals surface area contributed by atoms with Crippen LogP contribution >= 0.6 is 22.9 Å². The number of furan rings is 1. The van der Waals surface area contributed by atoms with Crippen molar-refractivity contribution in [1.29, 1.82) is 0 Å². The molecule has 128 valence electrons. The van der Waals surface area contributed by atoms with Gasteiger partial charge in [-0.05, 0) is 53.9 Å². The lowest BCUT2D eigenvalue weighted by molar-refractivity contribution is -0.137. The zero-order chi connectivity index (χ0) is 18.0. The van der Waals surface area contributed by atoms with Gasteiger partial charge in [-0.1, -0.05) is 17.7 Å². The number of thiophene rings is 1. The van der Waals surface area contributed by atoms with E-state index < -0.39 is 11.7 Å². The Bertz CT molecular complexity index is 924. The smallest absolute Gasteiger partial charge is 0.416 e. The van der Waals surface area contributed by atoms with E-state index in [0.717, 1.165) is 12.1 Å². The number of carbonyl (C=O) groups excluding carboxylic acids is 1. The molecule has 0 aliphatic carbocycles. The average Bonchev–Trinajstić information content (AvgIpc) is 3.24. The molecule has 0 atom stereocenters. The Morgan fingerprint density at radius 2 is 1.96 bits per heavy atom. The van der Waals surface area contributed by atoms with E-state index in [-0.39, 0.29) is 22.1 Å². The predicted molar refractivity (Wildman–Crippen MR) is 91.8 cm³/mol. The Kier molecular flexibility index (Phi) is 4.83. The van der Waals surface area contributed by atoms with E-state index in [2.05, 4.69) is 0 Å². The molecule has 0 N–H and O–H groups in total. The fraction of sp³-hybridized carbons (Fsp3) is 0.0556. The summed E-state index contributed by atoms with van der Waals surface area (Å²) in [5, 5.41) is 1.94. The van der Waals surface area contributed by atoms with Crippen LogP contribution < -0.4 is 0 Å². The van der Waals surface area contributed by atoms with E-state index >= 15 is 0 Å². The first kappa shape index (κ1) is 17.5. The highest BCUT2D eigenvalue weighted by atomic mass is 35.5. The highest BCUT2D eigenvalue weighted by Crippen LogP contribution is 2.36. The van der Waals surface area contributed by atoms with Crippen LogP contribution in [0.25, 0.3) is 17.4 Å². The van der Waals surface area contributed by atoms with Gasteiger partial charge in [0.1, 0.15) is 11.5 Å². The molecule has 2 nitrogen and oxygen atoms in total. The molecular formula is C18H10ClF3O2S. The molecule has 0 aliphatic heterocycles. The molecule has 0 fully saturated rings. The summed E-state index contributed by atoms with van der Waals surface area (Å²) in [6, 6.07) is 9.57. The van der Waals surface area contributed by atoms with Gasteiger partial charge >= 0.3 is 6.18 Å². The first-order valence-electron chi connectivity index (χ1n) is 7.07. The van der Waals surface area contributed by atoms with Crippen LogP contribution in [-0.2, 0) is 6.18 Å². The van der Waals surface area contributed by atoms with Crippen molar-refractivity contribution in [2.75, 3.05) is 0 Å². The molecule has 0 bridgehead atoms. The van der Waals surface area contributed by atoms with Gasteiger partial charge in [0.25, 0.3) is 0 Å². The van der Waals surface area contributed by atoms with Gasteiger partial charge in [-0.15, -0.1) is 11.3 Å². The van der Waals surface area contributed by atoms with Gasteiger partial charge in [-0.3, -0.25) is 4.79 Å². The summed E-state index contributed by atoms with van der Waals surface area (Å²) in [6.07, 6.45) is -1.66. The van der Waals surface area contributed by atoms with Crippen LogP contribution in [0.2, 0.25) is 5.02 Å².